The number of benzene rings is 1. The first-order valence-corrected chi connectivity index (χ1v) is 9.76. The lowest BCUT2D eigenvalue weighted by Crippen LogP contribution is -2.40. The zero-order valence-corrected chi connectivity index (χ0v) is 16.7. The molecule has 4 rings (SSSR count). The van der Waals surface area contributed by atoms with Crippen molar-refractivity contribution in [2.45, 2.75) is 50.3 Å². The van der Waals surface area contributed by atoms with E-state index in [1.807, 2.05) is 0 Å². The lowest BCUT2D eigenvalue weighted by molar-refractivity contribution is -0.122. The number of ether oxygens (including phenoxy) is 2. The number of carbonyl (C=O) groups is 1. The highest BCUT2D eigenvalue weighted by Gasteiger charge is 2.34. The molecule has 0 aromatic heterocycles. The molecule has 1 aromatic carbocycles. The highest BCUT2D eigenvalue weighted by atomic mass is 35.5. The first kappa shape index (κ1) is 20.5. The Labute approximate surface area is 170 Å². The minimum atomic E-state index is -0.837. The zero-order valence-electron chi connectivity index (χ0n) is 15.1. The molecule has 2 fully saturated rings. The normalized spacial score (nSPS) is 26.8. The lowest BCUT2D eigenvalue weighted by atomic mass is 9.89. The fourth-order valence-corrected chi connectivity index (χ4v) is 4.60. The molecule has 3 heterocycles. The maximum Gasteiger partial charge on any atom is 0.220 e. The standard InChI is InChI=1S/C19H25ClN2O4.ClH/c20-15-8-12(9-17-19(15)26-4-3-25-17)16(23)10-21-18(24)7-11-5-13-1-2-14(6-11)22-13;/h8-9,11,13-14,16,22-23H,1-7,10H2,(H,21,24);1H. The average Bonchev–Trinajstić information content (AvgIpc) is 2.98. The predicted molar refractivity (Wildman–Crippen MR) is 105 cm³/mol. The molecule has 0 aliphatic carbocycles. The van der Waals surface area contributed by atoms with E-state index in [0.29, 0.717) is 59.7 Å². The molecule has 3 aliphatic rings. The second-order valence-corrected chi connectivity index (χ2v) is 7.93. The summed E-state index contributed by atoms with van der Waals surface area (Å²) in [5.74, 6) is 1.49. The van der Waals surface area contributed by atoms with Gasteiger partial charge < -0.3 is 25.2 Å². The van der Waals surface area contributed by atoms with E-state index in [0.717, 1.165) is 12.8 Å². The topological polar surface area (TPSA) is 79.8 Å². The number of piperidine rings is 1. The van der Waals surface area contributed by atoms with Gasteiger partial charge in [-0.1, -0.05) is 11.6 Å². The fourth-order valence-electron chi connectivity index (χ4n) is 4.33. The van der Waals surface area contributed by atoms with Crippen molar-refractivity contribution in [3.8, 4) is 11.5 Å². The maximum absolute atomic E-state index is 12.3. The number of hydrogen-bond donors (Lipinski definition) is 3. The molecule has 3 aliphatic heterocycles. The van der Waals surface area contributed by atoms with Crippen LogP contribution in [-0.4, -0.2) is 42.9 Å². The summed E-state index contributed by atoms with van der Waals surface area (Å²) < 4.78 is 11.0. The van der Waals surface area contributed by atoms with Gasteiger partial charge in [-0.3, -0.25) is 4.79 Å². The van der Waals surface area contributed by atoms with E-state index in [2.05, 4.69) is 10.6 Å². The van der Waals surface area contributed by atoms with Crippen LogP contribution in [0.3, 0.4) is 0 Å². The van der Waals surface area contributed by atoms with Gasteiger partial charge >= 0.3 is 0 Å². The summed E-state index contributed by atoms with van der Waals surface area (Å²) in [5, 5.41) is 17.3. The molecule has 1 aromatic rings. The van der Waals surface area contributed by atoms with Crippen LogP contribution >= 0.6 is 24.0 Å². The van der Waals surface area contributed by atoms with Gasteiger partial charge in [-0.15, -0.1) is 12.4 Å². The molecular formula is C19H26Cl2N2O4. The fraction of sp³-hybridized carbons (Fsp3) is 0.632. The van der Waals surface area contributed by atoms with Crippen molar-refractivity contribution >= 4 is 29.9 Å². The summed E-state index contributed by atoms with van der Waals surface area (Å²) in [7, 11) is 0. The van der Waals surface area contributed by atoms with Crippen molar-refractivity contribution in [3.05, 3.63) is 22.7 Å². The molecule has 6 nitrogen and oxygen atoms in total. The van der Waals surface area contributed by atoms with Gasteiger partial charge in [0.2, 0.25) is 5.91 Å². The zero-order chi connectivity index (χ0) is 18.1. The van der Waals surface area contributed by atoms with E-state index in [-0.39, 0.29) is 24.9 Å². The predicted octanol–water partition coefficient (Wildman–Crippen LogP) is 2.60. The highest BCUT2D eigenvalue weighted by Crippen LogP contribution is 2.39. The number of amides is 1. The van der Waals surface area contributed by atoms with E-state index in [9.17, 15) is 9.90 Å². The van der Waals surface area contributed by atoms with Gasteiger partial charge in [-0.05, 0) is 49.3 Å². The monoisotopic (exact) mass is 416 g/mol. The Morgan fingerprint density at radius 2 is 1.96 bits per heavy atom. The molecule has 2 bridgehead atoms. The van der Waals surface area contributed by atoms with Crippen molar-refractivity contribution in [3.63, 3.8) is 0 Å². The first-order valence-electron chi connectivity index (χ1n) is 9.38. The van der Waals surface area contributed by atoms with E-state index in [1.165, 1.54) is 12.8 Å². The summed E-state index contributed by atoms with van der Waals surface area (Å²) in [5.41, 5.74) is 0.611. The van der Waals surface area contributed by atoms with Gasteiger partial charge in [-0.2, -0.15) is 0 Å². The number of hydrogen-bond acceptors (Lipinski definition) is 5. The second-order valence-electron chi connectivity index (χ2n) is 7.53. The molecule has 3 atom stereocenters. The molecule has 0 saturated carbocycles. The largest absolute Gasteiger partial charge is 0.486 e. The molecule has 8 heteroatoms. The van der Waals surface area contributed by atoms with Gasteiger partial charge in [0, 0.05) is 25.0 Å². The van der Waals surface area contributed by atoms with Crippen LogP contribution in [0.5, 0.6) is 11.5 Å². The minimum Gasteiger partial charge on any atom is -0.486 e. The second kappa shape index (κ2) is 8.86. The molecule has 3 unspecified atom stereocenters. The lowest BCUT2D eigenvalue weighted by Gasteiger charge is -2.28. The molecule has 27 heavy (non-hydrogen) atoms. The van der Waals surface area contributed by atoms with Crippen LogP contribution in [0.4, 0.5) is 0 Å². The third kappa shape index (κ3) is 4.80. The summed E-state index contributed by atoms with van der Waals surface area (Å²) in [6.45, 7) is 1.08. The minimum absolute atomic E-state index is 0. The van der Waals surface area contributed by atoms with Crippen molar-refractivity contribution < 1.29 is 19.4 Å². The molecule has 0 spiro atoms. The van der Waals surface area contributed by atoms with E-state index >= 15 is 0 Å². The number of aliphatic hydroxyl groups excluding tert-OH is 1. The number of fused-ring (bicyclic) bond motifs is 3. The smallest absolute Gasteiger partial charge is 0.220 e. The number of halogens is 2. The third-order valence-electron chi connectivity index (χ3n) is 5.54. The number of rotatable bonds is 5. The Bertz CT molecular complexity index is 676. The van der Waals surface area contributed by atoms with Crippen LogP contribution < -0.4 is 20.1 Å². The van der Waals surface area contributed by atoms with Crippen LogP contribution in [0.15, 0.2) is 12.1 Å². The highest BCUT2D eigenvalue weighted by molar-refractivity contribution is 6.32. The van der Waals surface area contributed by atoms with Crippen LogP contribution in [0.25, 0.3) is 0 Å². The van der Waals surface area contributed by atoms with Crippen LogP contribution in [-0.2, 0) is 4.79 Å². The van der Waals surface area contributed by atoms with Gasteiger partial charge in [0.15, 0.2) is 11.5 Å². The Hall–Kier alpha value is -1.21. The Balaban J connectivity index is 0.00000210. The van der Waals surface area contributed by atoms with Crippen molar-refractivity contribution in [1.29, 1.82) is 0 Å². The molecule has 2 saturated heterocycles. The summed E-state index contributed by atoms with van der Waals surface area (Å²) in [6.07, 6.45) is 4.30. The SMILES string of the molecule is Cl.O=C(CC1CC2CCC(C1)N2)NCC(O)c1cc(Cl)c2c(c1)OCCO2. The first-order chi connectivity index (χ1) is 12.6. The number of aliphatic hydroxyl groups is 1. The molecular weight excluding hydrogens is 391 g/mol. The van der Waals surface area contributed by atoms with Crippen LogP contribution in [0.1, 0.15) is 43.8 Å². The number of nitrogens with one attached hydrogen (secondary N) is 2. The van der Waals surface area contributed by atoms with Gasteiger partial charge in [0.1, 0.15) is 13.2 Å². The Kier molecular flexibility index (Phi) is 6.74. The van der Waals surface area contributed by atoms with E-state index in [1.54, 1.807) is 12.1 Å². The van der Waals surface area contributed by atoms with Crippen LogP contribution in [0, 0.1) is 5.92 Å². The maximum atomic E-state index is 12.3. The third-order valence-corrected chi connectivity index (χ3v) is 5.82. The van der Waals surface area contributed by atoms with Crippen LogP contribution in [0.2, 0.25) is 5.02 Å². The summed E-state index contributed by atoms with van der Waals surface area (Å²) >= 11 is 6.21. The van der Waals surface area contributed by atoms with E-state index in [4.69, 9.17) is 21.1 Å². The Morgan fingerprint density at radius 3 is 2.70 bits per heavy atom. The summed E-state index contributed by atoms with van der Waals surface area (Å²) in [4.78, 5) is 12.3. The molecule has 1 amide bonds. The number of carbonyl (C=O) groups excluding carboxylic acids is 1. The van der Waals surface area contributed by atoms with Crippen molar-refractivity contribution in [2.75, 3.05) is 19.8 Å². The van der Waals surface area contributed by atoms with Crippen molar-refractivity contribution in [1.82, 2.24) is 10.6 Å². The Morgan fingerprint density at radius 1 is 1.26 bits per heavy atom. The van der Waals surface area contributed by atoms with Crippen molar-refractivity contribution in [2.24, 2.45) is 5.92 Å². The molecule has 3 N–H and O–H groups in total. The molecule has 0 radical (unpaired) electrons. The van der Waals surface area contributed by atoms with Gasteiger partial charge in [0.25, 0.3) is 0 Å². The van der Waals surface area contributed by atoms with Gasteiger partial charge in [0.05, 0.1) is 11.1 Å². The van der Waals surface area contributed by atoms with E-state index < -0.39 is 6.10 Å². The van der Waals surface area contributed by atoms with Gasteiger partial charge in [-0.25, -0.2) is 0 Å². The summed E-state index contributed by atoms with van der Waals surface area (Å²) in [6, 6.07) is 4.55. The average molecular weight is 417 g/mol. The molecule has 150 valence electrons. The quantitative estimate of drug-likeness (QED) is 0.687.